The Kier molecular flexibility index (Phi) is 5.32. The van der Waals surface area contributed by atoms with Crippen molar-refractivity contribution in [1.82, 2.24) is 0 Å². The highest BCUT2D eigenvalue weighted by molar-refractivity contribution is 8.93. The van der Waals surface area contributed by atoms with E-state index >= 15 is 0 Å². The van der Waals surface area contributed by atoms with Gasteiger partial charge in [0, 0.05) is 8.07 Å². The molecule has 0 atom stereocenters. The molecule has 2 rings (SSSR count). The lowest BCUT2D eigenvalue weighted by atomic mass is 10.2. The third kappa shape index (κ3) is 3.64. The minimum Gasteiger partial charge on any atom is -0.302 e. The normalized spacial score (nSPS) is 10.1. The Hall–Kier alpha value is -0.690. The van der Waals surface area contributed by atoms with Crippen LogP contribution in [0.3, 0.4) is 0 Å². The van der Waals surface area contributed by atoms with E-state index in [2.05, 4.69) is 62.4 Å². The molecule has 0 heterocycles. The van der Waals surface area contributed by atoms with Gasteiger partial charge >= 0.3 is 0 Å². The Morgan fingerprint density at radius 2 is 1.00 bits per heavy atom. The minimum absolute atomic E-state index is 0. The van der Waals surface area contributed by atoms with Crippen molar-refractivity contribution in [2.24, 2.45) is 5.50 Å². The Morgan fingerprint density at radius 3 is 1.29 bits per heavy atom. The number of benzene rings is 2. The van der Waals surface area contributed by atoms with Gasteiger partial charge < -0.3 is 5.50 Å². The van der Waals surface area contributed by atoms with Crippen LogP contribution in [0, 0.1) is 13.8 Å². The van der Waals surface area contributed by atoms with Crippen LogP contribution in [0.1, 0.15) is 11.1 Å². The zero-order chi connectivity index (χ0) is 11.5. The van der Waals surface area contributed by atoms with Crippen molar-refractivity contribution in [3.05, 3.63) is 59.7 Å². The SMILES string of the molecule is Br.Cc1ccc(P(N)c2ccc(C)cc2)cc1. The molecule has 0 aliphatic rings. The van der Waals surface area contributed by atoms with E-state index in [1.807, 2.05) is 0 Å². The molecule has 0 aliphatic heterocycles. The van der Waals surface area contributed by atoms with Crippen LogP contribution < -0.4 is 16.1 Å². The molecule has 90 valence electrons. The van der Waals surface area contributed by atoms with Gasteiger partial charge in [0.05, 0.1) is 0 Å². The first-order valence-corrected chi connectivity index (χ1v) is 6.76. The molecule has 2 aromatic carbocycles. The van der Waals surface area contributed by atoms with Crippen LogP contribution in [0.25, 0.3) is 0 Å². The molecule has 0 radical (unpaired) electrons. The summed E-state index contributed by atoms with van der Waals surface area (Å²) in [5.74, 6) is 0. The maximum absolute atomic E-state index is 6.28. The number of halogens is 1. The van der Waals surface area contributed by atoms with Crippen molar-refractivity contribution in [2.45, 2.75) is 13.8 Å². The zero-order valence-electron chi connectivity index (χ0n) is 10.1. The van der Waals surface area contributed by atoms with Crippen LogP contribution in [0.4, 0.5) is 0 Å². The summed E-state index contributed by atoms with van der Waals surface area (Å²) in [6, 6.07) is 17.0. The van der Waals surface area contributed by atoms with E-state index in [1.54, 1.807) is 0 Å². The molecule has 0 unspecified atom stereocenters. The summed E-state index contributed by atoms with van der Waals surface area (Å²) >= 11 is 0. The smallest absolute Gasteiger partial charge is 0.0225 e. The maximum Gasteiger partial charge on any atom is 0.0225 e. The molecule has 0 bridgehead atoms. The fourth-order valence-corrected chi connectivity index (χ4v) is 2.80. The third-order valence-electron chi connectivity index (χ3n) is 2.62. The Bertz CT molecular complexity index is 419. The van der Waals surface area contributed by atoms with Crippen molar-refractivity contribution < 1.29 is 0 Å². The fraction of sp³-hybridized carbons (Fsp3) is 0.143. The van der Waals surface area contributed by atoms with Crippen molar-refractivity contribution in [3.8, 4) is 0 Å². The summed E-state index contributed by atoms with van der Waals surface area (Å²) in [6.07, 6.45) is 0. The number of rotatable bonds is 2. The second kappa shape index (κ2) is 6.30. The van der Waals surface area contributed by atoms with Gasteiger partial charge in [0.1, 0.15) is 0 Å². The van der Waals surface area contributed by atoms with Gasteiger partial charge in [-0.2, -0.15) is 0 Å². The average molecular weight is 310 g/mol. The molecular weight excluding hydrogens is 293 g/mol. The monoisotopic (exact) mass is 309 g/mol. The molecule has 3 heteroatoms. The fourth-order valence-electron chi connectivity index (χ4n) is 1.56. The van der Waals surface area contributed by atoms with Gasteiger partial charge in [-0.15, -0.1) is 17.0 Å². The molecule has 0 fully saturated rings. The largest absolute Gasteiger partial charge is 0.302 e. The molecule has 0 spiro atoms. The minimum atomic E-state index is -0.696. The number of hydrogen-bond acceptors (Lipinski definition) is 1. The van der Waals surface area contributed by atoms with Crippen LogP contribution in [-0.4, -0.2) is 0 Å². The lowest BCUT2D eigenvalue weighted by Gasteiger charge is -2.12. The van der Waals surface area contributed by atoms with Gasteiger partial charge in [-0.3, -0.25) is 0 Å². The van der Waals surface area contributed by atoms with Crippen LogP contribution in [-0.2, 0) is 0 Å². The zero-order valence-corrected chi connectivity index (χ0v) is 12.7. The molecule has 1 nitrogen and oxygen atoms in total. The highest BCUT2D eigenvalue weighted by Gasteiger charge is 2.07. The summed E-state index contributed by atoms with van der Waals surface area (Å²) in [5.41, 5.74) is 8.83. The van der Waals surface area contributed by atoms with E-state index in [9.17, 15) is 0 Å². The summed E-state index contributed by atoms with van der Waals surface area (Å²) in [4.78, 5) is 0. The Balaban J connectivity index is 0.00000144. The topological polar surface area (TPSA) is 26.0 Å². The van der Waals surface area contributed by atoms with E-state index in [-0.39, 0.29) is 17.0 Å². The van der Waals surface area contributed by atoms with Crippen molar-refractivity contribution in [3.63, 3.8) is 0 Å². The maximum atomic E-state index is 6.28. The van der Waals surface area contributed by atoms with Crippen LogP contribution in [0.15, 0.2) is 48.5 Å². The highest BCUT2D eigenvalue weighted by atomic mass is 79.9. The lowest BCUT2D eigenvalue weighted by Crippen LogP contribution is -2.17. The van der Waals surface area contributed by atoms with Crippen LogP contribution in [0.2, 0.25) is 0 Å². The first kappa shape index (κ1) is 14.4. The first-order valence-electron chi connectivity index (χ1n) is 5.35. The van der Waals surface area contributed by atoms with Crippen molar-refractivity contribution in [1.29, 1.82) is 0 Å². The van der Waals surface area contributed by atoms with Gasteiger partial charge in [-0.25, -0.2) is 0 Å². The quantitative estimate of drug-likeness (QED) is 0.847. The molecule has 0 amide bonds. The van der Waals surface area contributed by atoms with Gasteiger partial charge in [0.25, 0.3) is 0 Å². The summed E-state index contributed by atoms with van der Waals surface area (Å²) in [7, 11) is -0.696. The van der Waals surface area contributed by atoms with Crippen LogP contribution in [0.5, 0.6) is 0 Å². The summed E-state index contributed by atoms with van der Waals surface area (Å²) < 4.78 is 0. The molecular formula is C14H17BrNP. The van der Waals surface area contributed by atoms with E-state index in [1.165, 1.54) is 21.7 Å². The van der Waals surface area contributed by atoms with E-state index in [0.717, 1.165) is 0 Å². The Labute approximate surface area is 115 Å². The summed E-state index contributed by atoms with van der Waals surface area (Å²) in [6.45, 7) is 4.18. The van der Waals surface area contributed by atoms with Gasteiger partial charge in [-0.05, 0) is 24.5 Å². The first-order chi connectivity index (χ1) is 7.66. The molecule has 0 aliphatic carbocycles. The molecule has 2 N–H and O–H groups in total. The number of nitrogens with two attached hydrogens (primary N) is 1. The summed E-state index contributed by atoms with van der Waals surface area (Å²) in [5, 5.41) is 2.45. The predicted molar refractivity (Wildman–Crippen MR) is 83.1 cm³/mol. The van der Waals surface area contributed by atoms with Gasteiger partial charge in [-0.1, -0.05) is 59.7 Å². The van der Waals surface area contributed by atoms with E-state index < -0.39 is 8.07 Å². The average Bonchev–Trinajstić information content (AvgIpc) is 2.30. The standard InChI is InChI=1S/C14H16NP.BrH/c1-11-3-7-13(8-4-11)16(15)14-9-5-12(2)6-10-14;/h3-10H,15H2,1-2H3;1H. The molecule has 2 aromatic rings. The lowest BCUT2D eigenvalue weighted by molar-refractivity contribution is 1.48. The molecule has 0 saturated carbocycles. The van der Waals surface area contributed by atoms with Gasteiger partial charge in [0.15, 0.2) is 0 Å². The van der Waals surface area contributed by atoms with Crippen molar-refractivity contribution >= 4 is 35.7 Å². The van der Waals surface area contributed by atoms with Crippen molar-refractivity contribution in [2.75, 3.05) is 0 Å². The number of aryl methyl sites for hydroxylation is 2. The molecule has 17 heavy (non-hydrogen) atoms. The second-order valence-electron chi connectivity index (χ2n) is 4.04. The molecule has 0 saturated heterocycles. The second-order valence-corrected chi connectivity index (χ2v) is 5.81. The van der Waals surface area contributed by atoms with Crippen LogP contribution >= 0.6 is 25.1 Å². The molecule has 0 aromatic heterocycles. The van der Waals surface area contributed by atoms with E-state index in [0.29, 0.717) is 0 Å². The highest BCUT2D eigenvalue weighted by Crippen LogP contribution is 2.23. The third-order valence-corrected chi connectivity index (χ3v) is 4.33. The van der Waals surface area contributed by atoms with E-state index in [4.69, 9.17) is 5.50 Å². The Morgan fingerprint density at radius 1 is 0.706 bits per heavy atom. The number of hydrogen-bond donors (Lipinski definition) is 1. The predicted octanol–water partition coefficient (Wildman–Crippen LogP) is 3.19. The van der Waals surface area contributed by atoms with Gasteiger partial charge in [0.2, 0.25) is 0 Å².